The number of carbonyl (C=O) groups excluding carboxylic acids is 1. The predicted molar refractivity (Wildman–Crippen MR) is 108 cm³/mol. The van der Waals surface area contributed by atoms with Crippen molar-refractivity contribution >= 4 is 12.0 Å². The first kappa shape index (κ1) is 18.6. The summed E-state index contributed by atoms with van der Waals surface area (Å²) < 4.78 is 6.81. The van der Waals surface area contributed by atoms with Crippen LogP contribution in [-0.2, 0) is 9.53 Å². The van der Waals surface area contributed by atoms with Gasteiger partial charge in [-0.05, 0) is 24.6 Å². The average molecular weight is 361 g/mol. The molecule has 27 heavy (non-hydrogen) atoms. The van der Waals surface area contributed by atoms with E-state index < -0.39 is 0 Å². The second-order valence-corrected chi connectivity index (χ2v) is 6.05. The topological polar surface area (TPSA) is 56.1 Å². The third-order valence-corrected chi connectivity index (χ3v) is 4.05. The molecule has 0 saturated carbocycles. The Bertz CT molecular complexity index is 886. The van der Waals surface area contributed by atoms with Crippen LogP contribution >= 0.6 is 0 Å². The van der Waals surface area contributed by atoms with Gasteiger partial charge in [0.15, 0.2) is 0 Å². The van der Waals surface area contributed by atoms with Crippen molar-refractivity contribution in [3.8, 4) is 16.9 Å². The van der Waals surface area contributed by atoms with E-state index in [-0.39, 0.29) is 5.91 Å². The van der Waals surface area contributed by atoms with E-state index in [9.17, 15) is 4.79 Å². The molecule has 0 aliphatic carbocycles. The van der Waals surface area contributed by atoms with Crippen LogP contribution in [0.1, 0.15) is 12.0 Å². The van der Waals surface area contributed by atoms with Gasteiger partial charge in [-0.25, -0.2) is 4.68 Å². The van der Waals surface area contributed by atoms with E-state index in [0.29, 0.717) is 13.2 Å². The Morgan fingerprint density at radius 2 is 1.81 bits per heavy atom. The Morgan fingerprint density at radius 3 is 2.52 bits per heavy atom. The van der Waals surface area contributed by atoms with Gasteiger partial charge >= 0.3 is 0 Å². The Labute approximate surface area is 159 Å². The lowest BCUT2D eigenvalue weighted by atomic mass is 10.1. The lowest BCUT2D eigenvalue weighted by Gasteiger charge is -2.01. The Balaban J connectivity index is 1.83. The summed E-state index contributed by atoms with van der Waals surface area (Å²) in [6, 6.07) is 19.9. The van der Waals surface area contributed by atoms with Gasteiger partial charge in [-0.3, -0.25) is 4.79 Å². The number of para-hydroxylation sites is 1. The second kappa shape index (κ2) is 9.50. The van der Waals surface area contributed by atoms with Crippen molar-refractivity contribution in [2.45, 2.75) is 6.42 Å². The zero-order valence-electron chi connectivity index (χ0n) is 15.3. The van der Waals surface area contributed by atoms with Crippen molar-refractivity contribution in [2.75, 3.05) is 20.3 Å². The molecule has 0 saturated heterocycles. The molecular formula is C22H23N3O2. The van der Waals surface area contributed by atoms with Crippen molar-refractivity contribution in [1.82, 2.24) is 15.1 Å². The predicted octanol–water partition coefficient (Wildman–Crippen LogP) is 3.71. The summed E-state index contributed by atoms with van der Waals surface area (Å²) >= 11 is 0. The maximum Gasteiger partial charge on any atom is 0.244 e. The van der Waals surface area contributed by atoms with Crippen LogP contribution in [-0.4, -0.2) is 35.9 Å². The number of nitrogens with zero attached hydrogens (tertiary/aromatic N) is 2. The molecule has 1 N–H and O–H groups in total. The van der Waals surface area contributed by atoms with Crippen LogP contribution in [0.15, 0.2) is 72.9 Å². The quantitative estimate of drug-likeness (QED) is 0.492. The maximum atomic E-state index is 12.0. The third-order valence-electron chi connectivity index (χ3n) is 4.05. The first-order chi connectivity index (χ1) is 13.3. The van der Waals surface area contributed by atoms with Crippen LogP contribution in [0.3, 0.4) is 0 Å². The molecule has 0 radical (unpaired) electrons. The fourth-order valence-corrected chi connectivity index (χ4v) is 2.70. The second-order valence-electron chi connectivity index (χ2n) is 6.05. The number of nitrogens with one attached hydrogen (secondary N) is 1. The van der Waals surface area contributed by atoms with Gasteiger partial charge in [0, 0.05) is 43.7 Å². The van der Waals surface area contributed by atoms with Gasteiger partial charge in [0.25, 0.3) is 0 Å². The van der Waals surface area contributed by atoms with Crippen molar-refractivity contribution in [1.29, 1.82) is 0 Å². The highest BCUT2D eigenvalue weighted by molar-refractivity contribution is 5.92. The molecule has 138 valence electrons. The lowest BCUT2D eigenvalue weighted by molar-refractivity contribution is -0.116. The highest BCUT2D eigenvalue weighted by Gasteiger charge is 2.10. The van der Waals surface area contributed by atoms with Crippen molar-refractivity contribution < 1.29 is 9.53 Å². The van der Waals surface area contributed by atoms with Crippen LogP contribution < -0.4 is 5.32 Å². The normalized spacial score (nSPS) is 11.0. The summed E-state index contributed by atoms with van der Waals surface area (Å²) in [5, 5.41) is 7.58. The number of benzene rings is 2. The fraction of sp³-hybridized carbons (Fsp3) is 0.182. The average Bonchev–Trinajstić information content (AvgIpc) is 3.15. The van der Waals surface area contributed by atoms with E-state index in [1.165, 1.54) is 0 Å². The number of amides is 1. The Hall–Kier alpha value is -3.18. The van der Waals surface area contributed by atoms with E-state index in [0.717, 1.165) is 28.9 Å². The van der Waals surface area contributed by atoms with E-state index >= 15 is 0 Å². The van der Waals surface area contributed by atoms with Crippen molar-refractivity contribution in [3.63, 3.8) is 0 Å². The molecule has 5 heteroatoms. The van der Waals surface area contributed by atoms with Crippen LogP contribution in [0, 0.1) is 0 Å². The number of rotatable bonds is 8. The molecule has 0 unspecified atom stereocenters. The van der Waals surface area contributed by atoms with Crippen LogP contribution in [0.25, 0.3) is 23.0 Å². The number of aromatic nitrogens is 2. The summed E-state index contributed by atoms with van der Waals surface area (Å²) in [4.78, 5) is 12.0. The first-order valence-corrected chi connectivity index (χ1v) is 8.93. The molecule has 1 aromatic heterocycles. The minimum Gasteiger partial charge on any atom is -0.385 e. The monoisotopic (exact) mass is 361 g/mol. The highest BCUT2D eigenvalue weighted by atomic mass is 16.5. The van der Waals surface area contributed by atoms with E-state index in [2.05, 4.69) is 5.32 Å². The molecule has 0 fully saturated rings. The summed E-state index contributed by atoms with van der Waals surface area (Å²) in [6.07, 6.45) is 6.08. The van der Waals surface area contributed by atoms with Gasteiger partial charge in [0.1, 0.15) is 0 Å². The minimum atomic E-state index is -0.127. The molecule has 3 rings (SSSR count). The molecule has 3 aromatic rings. The summed E-state index contributed by atoms with van der Waals surface area (Å²) in [7, 11) is 1.65. The molecule has 0 aliphatic heterocycles. The van der Waals surface area contributed by atoms with Gasteiger partial charge in [0.2, 0.25) is 5.91 Å². The van der Waals surface area contributed by atoms with E-state index in [4.69, 9.17) is 9.84 Å². The third kappa shape index (κ3) is 5.15. The fourth-order valence-electron chi connectivity index (χ4n) is 2.70. The number of hydrogen-bond acceptors (Lipinski definition) is 3. The maximum absolute atomic E-state index is 12.0. The molecule has 2 aromatic carbocycles. The molecule has 0 spiro atoms. The van der Waals surface area contributed by atoms with Gasteiger partial charge in [-0.2, -0.15) is 5.10 Å². The summed E-state index contributed by atoms with van der Waals surface area (Å²) in [5.74, 6) is -0.127. The molecular weight excluding hydrogens is 338 g/mol. The van der Waals surface area contributed by atoms with Crippen molar-refractivity contribution in [3.05, 3.63) is 78.5 Å². The molecule has 0 atom stereocenters. The van der Waals surface area contributed by atoms with Gasteiger partial charge in [0.05, 0.1) is 11.4 Å². The zero-order valence-corrected chi connectivity index (χ0v) is 15.3. The van der Waals surface area contributed by atoms with Crippen LogP contribution in [0.5, 0.6) is 0 Å². The highest BCUT2D eigenvalue weighted by Crippen LogP contribution is 2.24. The SMILES string of the molecule is COCCCNC(=O)/C=C/c1cn(-c2ccccc2)nc1-c1ccccc1. The largest absolute Gasteiger partial charge is 0.385 e. The van der Waals surface area contributed by atoms with Gasteiger partial charge in [-0.1, -0.05) is 48.5 Å². The zero-order chi connectivity index (χ0) is 18.9. The summed E-state index contributed by atoms with van der Waals surface area (Å²) in [6.45, 7) is 1.22. The smallest absolute Gasteiger partial charge is 0.244 e. The van der Waals surface area contributed by atoms with E-state index in [1.54, 1.807) is 19.3 Å². The van der Waals surface area contributed by atoms with E-state index in [1.807, 2.05) is 71.5 Å². The minimum absolute atomic E-state index is 0.127. The molecule has 1 heterocycles. The van der Waals surface area contributed by atoms with Gasteiger partial charge < -0.3 is 10.1 Å². The summed E-state index contributed by atoms with van der Waals surface area (Å²) in [5.41, 5.74) is 3.70. The molecule has 0 aliphatic rings. The molecule has 0 bridgehead atoms. The van der Waals surface area contributed by atoms with Crippen molar-refractivity contribution in [2.24, 2.45) is 0 Å². The van der Waals surface area contributed by atoms with Crippen LogP contribution in [0.2, 0.25) is 0 Å². The molecule has 5 nitrogen and oxygen atoms in total. The lowest BCUT2D eigenvalue weighted by Crippen LogP contribution is -2.22. The molecule has 1 amide bonds. The standard InChI is InChI=1S/C22H23N3O2/c1-27-16-8-15-23-21(26)14-13-19-17-25(20-11-6-3-7-12-20)24-22(19)18-9-4-2-5-10-18/h2-7,9-14,17H,8,15-16H2,1H3,(H,23,26)/b14-13+. The first-order valence-electron chi connectivity index (χ1n) is 8.93. The van der Waals surface area contributed by atoms with Crippen LogP contribution in [0.4, 0.5) is 0 Å². The Kier molecular flexibility index (Phi) is 6.55. The number of carbonyl (C=O) groups is 1. The number of methoxy groups -OCH3 is 1. The van der Waals surface area contributed by atoms with Gasteiger partial charge in [-0.15, -0.1) is 0 Å². The number of ether oxygens (including phenoxy) is 1. The number of hydrogen-bond donors (Lipinski definition) is 1. The Morgan fingerprint density at radius 1 is 1.11 bits per heavy atom.